The van der Waals surface area contributed by atoms with Gasteiger partial charge in [0.1, 0.15) is 11.6 Å². The summed E-state index contributed by atoms with van der Waals surface area (Å²) in [7, 11) is 0. The van der Waals surface area contributed by atoms with E-state index in [1.165, 1.54) is 6.07 Å². The van der Waals surface area contributed by atoms with Crippen molar-refractivity contribution in [3.8, 4) is 0 Å². The van der Waals surface area contributed by atoms with Crippen LogP contribution in [0.5, 0.6) is 0 Å². The molecule has 1 atom stereocenters. The molecule has 0 aliphatic heterocycles. The highest BCUT2D eigenvalue weighted by Crippen LogP contribution is 2.28. The zero-order chi connectivity index (χ0) is 15.6. The molecule has 0 spiro atoms. The summed E-state index contributed by atoms with van der Waals surface area (Å²) in [6, 6.07) is 8.14. The highest BCUT2D eigenvalue weighted by atomic mass is 35.5. The lowest BCUT2D eigenvalue weighted by molar-refractivity contribution is 0.596. The molecule has 0 fully saturated rings. The Balaban J connectivity index is 2.50. The second-order valence-corrected chi connectivity index (χ2v) is 5.54. The van der Waals surface area contributed by atoms with E-state index in [1.54, 1.807) is 26.0 Å². The predicted molar refractivity (Wildman–Crippen MR) is 82.8 cm³/mol. The van der Waals surface area contributed by atoms with Gasteiger partial charge in [0, 0.05) is 0 Å². The van der Waals surface area contributed by atoms with Gasteiger partial charge in [0.25, 0.3) is 0 Å². The first-order valence-electron chi connectivity index (χ1n) is 6.89. The van der Waals surface area contributed by atoms with Crippen LogP contribution in [0.1, 0.15) is 35.2 Å². The van der Waals surface area contributed by atoms with Crippen LogP contribution < -0.4 is 5.32 Å². The van der Waals surface area contributed by atoms with Gasteiger partial charge in [-0.1, -0.05) is 36.7 Å². The second kappa shape index (κ2) is 6.54. The highest BCUT2D eigenvalue weighted by Gasteiger charge is 2.17. The number of nitrogens with one attached hydrogen (secondary N) is 1. The van der Waals surface area contributed by atoms with E-state index in [4.69, 9.17) is 11.6 Å². The number of benzene rings is 2. The number of hydrogen-bond acceptors (Lipinski definition) is 1. The molecule has 2 aromatic carbocycles. The van der Waals surface area contributed by atoms with E-state index in [0.29, 0.717) is 11.1 Å². The molecule has 21 heavy (non-hydrogen) atoms. The normalized spacial score (nSPS) is 12.5. The molecule has 2 aromatic rings. The monoisotopic (exact) mass is 309 g/mol. The summed E-state index contributed by atoms with van der Waals surface area (Å²) in [5.41, 5.74) is 2.99. The van der Waals surface area contributed by atoms with Crippen LogP contribution >= 0.6 is 11.6 Å². The quantitative estimate of drug-likeness (QED) is 0.844. The third kappa shape index (κ3) is 3.42. The fourth-order valence-corrected chi connectivity index (χ4v) is 2.66. The molecule has 0 aliphatic carbocycles. The van der Waals surface area contributed by atoms with Crippen LogP contribution in [-0.2, 0) is 0 Å². The average Bonchev–Trinajstić information content (AvgIpc) is 2.45. The van der Waals surface area contributed by atoms with Gasteiger partial charge in [0.05, 0.1) is 11.1 Å². The molecule has 112 valence electrons. The molecule has 0 aromatic heterocycles. The van der Waals surface area contributed by atoms with Gasteiger partial charge in [-0.25, -0.2) is 8.78 Å². The maximum atomic E-state index is 13.8. The second-order valence-electron chi connectivity index (χ2n) is 5.13. The van der Waals surface area contributed by atoms with Crippen molar-refractivity contribution in [2.75, 3.05) is 6.54 Å². The largest absolute Gasteiger partial charge is 0.307 e. The Bertz CT molecular complexity index is 632. The fraction of sp³-hybridized carbons (Fsp3) is 0.294. The lowest BCUT2D eigenvalue weighted by Crippen LogP contribution is -2.22. The Morgan fingerprint density at radius 1 is 1.05 bits per heavy atom. The molecule has 2 rings (SSSR count). The lowest BCUT2D eigenvalue weighted by atomic mass is 9.95. The Labute approximate surface area is 128 Å². The standard InChI is InChI=1S/C17H18ClF2N/c1-4-21-17(12-5-6-15(19)14(18)9-12)13-7-10(2)16(20)11(3)8-13/h5-9,17,21H,4H2,1-3H3. The van der Waals surface area contributed by atoms with Crippen LogP contribution in [0, 0.1) is 25.5 Å². The molecule has 0 aliphatic rings. The zero-order valence-corrected chi connectivity index (χ0v) is 13.1. The van der Waals surface area contributed by atoms with Crippen LogP contribution in [0.4, 0.5) is 8.78 Å². The lowest BCUT2D eigenvalue weighted by Gasteiger charge is -2.21. The smallest absolute Gasteiger partial charge is 0.141 e. The molecule has 1 unspecified atom stereocenters. The van der Waals surface area contributed by atoms with Gasteiger partial charge >= 0.3 is 0 Å². The first-order chi connectivity index (χ1) is 9.93. The van der Waals surface area contributed by atoms with Crippen molar-refractivity contribution in [2.24, 2.45) is 0 Å². The van der Waals surface area contributed by atoms with Crippen molar-refractivity contribution in [1.29, 1.82) is 0 Å². The third-order valence-corrected chi connectivity index (χ3v) is 3.77. The van der Waals surface area contributed by atoms with E-state index in [2.05, 4.69) is 5.32 Å². The summed E-state index contributed by atoms with van der Waals surface area (Å²) < 4.78 is 27.1. The summed E-state index contributed by atoms with van der Waals surface area (Å²) in [5, 5.41) is 3.42. The predicted octanol–water partition coefficient (Wildman–Crippen LogP) is 4.93. The Hall–Kier alpha value is -1.45. The SMILES string of the molecule is CCNC(c1cc(C)c(F)c(C)c1)c1ccc(F)c(Cl)c1. The molecule has 0 radical (unpaired) electrons. The minimum Gasteiger partial charge on any atom is -0.307 e. The van der Waals surface area contributed by atoms with Crippen molar-refractivity contribution in [2.45, 2.75) is 26.8 Å². The number of aryl methyl sites for hydroxylation is 2. The molecule has 4 heteroatoms. The van der Waals surface area contributed by atoms with Gasteiger partial charge < -0.3 is 5.32 Å². The van der Waals surface area contributed by atoms with Crippen molar-refractivity contribution >= 4 is 11.6 Å². The molecule has 0 amide bonds. The maximum Gasteiger partial charge on any atom is 0.141 e. The van der Waals surface area contributed by atoms with Crippen molar-refractivity contribution in [1.82, 2.24) is 5.32 Å². The minimum atomic E-state index is -0.442. The van der Waals surface area contributed by atoms with Crippen molar-refractivity contribution in [3.63, 3.8) is 0 Å². The molecule has 0 heterocycles. The van der Waals surface area contributed by atoms with Gasteiger partial charge in [0.15, 0.2) is 0 Å². The van der Waals surface area contributed by atoms with Crippen molar-refractivity contribution < 1.29 is 8.78 Å². The van der Waals surface area contributed by atoms with E-state index in [-0.39, 0.29) is 16.9 Å². The Morgan fingerprint density at radius 3 is 2.19 bits per heavy atom. The summed E-state index contributed by atoms with van der Waals surface area (Å²) in [6.07, 6.45) is 0. The Morgan fingerprint density at radius 2 is 1.67 bits per heavy atom. The molecule has 0 saturated heterocycles. The van der Waals surface area contributed by atoms with E-state index in [0.717, 1.165) is 17.7 Å². The van der Waals surface area contributed by atoms with Gasteiger partial charge in [0.2, 0.25) is 0 Å². The van der Waals surface area contributed by atoms with Gasteiger partial charge in [-0.2, -0.15) is 0 Å². The average molecular weight is 310 g/mol. The van der Waals surface area contributed by atoms with Gasteiger partial charge in [-0.15, -0.1) is 0 Å². The minimum absolute atomic E-state index is 0.0889. The summed E-state index contributed by atoms with van der Waals surface area (Å²) in [5.74, 6) is -0.631. The van der Waals surface area contributed by atoms with Crippen LogP contribution in [0.15, 0.2) is 30.3 Å². The third-order valence-electron chi connectivity index (χ3n) is 3.48. The highest BCUT2D eigenvalue weighted by molar-refractivity contribution is 6.30. The summed E-state index contributed by atoms with van der Waals surface area (Å²) >= 11 is 5.87. The van der Waals surface area contributed by atoms with Gasteiger partial charge in [-0.3, -0.25) is 0 Å². The van der Waals surface area contributed by atoms with Crippen molar-refractivity contribution in [3.05, 3.63) is 69.2 Å². The molecule has 0 saturated carbocycles. The molecular formula is C17H18ClF2N. The first kappa shape index (κ1) is 15.9. The molecule has 0 bridgehead atoms. The maximum absolute atomic E-state index is 13.8. The first-order valence-corrected chi connectivity index (χ1v) is 7.26. The van der Waals surface area contributed by atoms with Gasteiger partial charge in [-0.05, 0) is 54.8 Å². The number of hydrogen-bond donors (Lipinski definition) is 1. The van der Waals surface area contributed by atoms with Crippen LogP contribution in [-0.4, -0.2) is 6.54 Å². The van der Waals surface area contributed by atoms with E-state index < -0.39 is 5.82 Å². The topological polar surface area (TPSA) is 12.0 Å². The zero-order valence-electron chi connectivity index (χ0n) is 12.3. The van der Waals surface area contributed by atoms with Crippen LogP contribution in [0.2, 0.25) is 5.02 Å². The molecule has 1 N–H and O–H groups in total. The summed E-state index contributed by atoms with van der Waals surface area (Å²) in [6.45, 7) is 6.20. The van der Waals surface area contributed by atoms with E-state index in [9.17, 15) is 8.78 Å². The van der Waals surface area contributed by atoms with Crippen LogP contribution in [0.25, 0.3) is 0 Å². The fourth-order valence-electron chi connectivity index (χ4n) is 2.47. The van der Waals surface area contributed by atoms with Crippen LogP contribution in [0.3, 0.4) is 0 Å². The van der Waals surface area contributed by atoms with E-state index >= 15 is 0 Å². The number of halogens is 3. The van der Waals surface area contributed by atoms with E-state index in [1.807, 2.05) is 19.1 Å². The molecular weight excluding hydrogens is 292 g/mol. The molecule has 1 nitrogen and oxygen atoms in total. The summed E-state index contributed by atoms with van der Waals surface area (Å²) in [4.78, 5) is 0. The Kier molecular flexibility index (Phi) is 4.96. The number of rotatable bonds is 4.